The Hall–Kier alpha value is -2.76. The number of nitrogens with zero attached hydrogens (tertiary/aromatic N) is 1. The Balaban J connectivity index is 1.94. The number of aliphatic hydroxyl groups is 3. The number of carboxylic acid groups (broad SMARTS) is 1. The zero-order valence-electron chi connectivity index (χ0n) is 15.4. The molecule has 1 aliphatic heterocycles. The molecule has 160 valence electrons. The van der Waals surface area contributed by atoms with Gasteiger partial charge in [0.2, 0.25) is 6.29 Å². The van der Waals surface area contributed by atoms with Crippen LogP contribution in [0.25, 0.3) is 11.1 Å². The minimum atomic E-state index is -1.60. The van der Waals surface area contributed by atoms with Crippen molar-refractivity contribution in [1.82, 2.24) is 10.3 Å². The summed E-state index contributed by atoms with van der Waals surface area (Å²) in [6.07, 6.45) is -4.43. The quantitative estimate of drug-likeness (QED) is 0.419. The third-order valence-corrected chi connectivity index (χ3v) is 4.56. The molecular formula is C19H19ClN2O8. The summed E-state index contributed by atoms with van der Waals surface area (Å²) in [4.78, 5) is 27.2. The van der Waals surface area contributed by atoms with Crippen LogP contribution in [0.4, 0.5) is 0 Å². The highest BCUT2D eigenvalue weighted by Gasteiger charge is 2.39. The van der Waals surface area contributed by atoms with Gasteiger partial charge in [0.25, 0.3) is 5.91 Å². The van der Waals surface area contributed by atoms with E-state index in [-0.39, 0.29) is 18.1 Å². The maximum absolute atomic E-state index is 12.4. The summed E-state index contributed by atoms with van der Waals surface area (Å²) in [5, 5.41) is 41.0. The van der Waals surface area contributed by atoms with Gasteiger partial charge in [0.15, 0.2) is 11.4 Å². The zero-order valence-corrected chi connectivity index (χ0v) is 16.2. The molecule has 30 heavy (non-hydrogen) atoms. The lowest BCUT2D eigenvalue weighted by Crippen LogP contribution is -2.54. The second-order valence-electron chi connectivity index (χ2n) is 6.53. The number of pyridine rings is 1. The third kappa shape index (κ3) is 5.04. The molecule has 1 fully saturated rings. The maximum Gasteiger partial charge on any atom is 0.322 e. The van der Waals surface area contributed by atoms with Crippen molar-refractivity contribution in [3.05, 3.63) is 47.2 Å². The molecule has 3 rings (SSSR count). The lowest BCUT2D eigenvalue weighted by Gasteiger charge is -2.35. The minimum Gasteiger partial charge on any atom is -0.480 e. The largest absolute Gasteiger partial charge is 0.480 e. The van der Waals surface area contributed by atoms with Crippen LogP contribution in [-0.4, -0.2) is 75.0 Å². The minimum absolute atomic E-state index is 0.122. The summed E-state index contributed by atoms with van der Waals surface area (Å²) in [5.41, 5.74) is 0.935. The number of ether oxygens (including phenoxy) is 2. The number of halogens is 1. The van der Waals surface area contributed by atoms with Crippen molar-refractivity contribution in [3.63, 3.8) is 0 Å². The van der Waals surface area contributed by atoms with E-state index in [2.05, 4.69) is 10.3 Å². The molecule has 1 amide bonds. The van der Waals surface area contributed by atoms with E-state index in [4.69, 9.17) is 26.2 Å². The number of aliphatic hydroxyl groups excluding tert-OH is 3. The van der Waals surface area contributed by atoms with Crippen molar-refractivity contribution < 1.29 is 39.5 Å². The van der Waals surface area contributed by atoms with Gasteiger partial charge in [-0.15, -0.1) is 0 Å². The first kappa shape index (κ1) is 21.9. The predicted octanol–water partition coefficient (Wildman–Crippen LogP) is 0.0342. The highest BCUT2D eigenvalue weighted by atomic mass is 35.5. The molecular weight excluding hydrogens is 420 g/mol. The van der Waals surface area contributed by atoms with Gasteiger partial charge in [0, 0.05) is 16.8 Å². The topological polar surface area (TPSA) is 158 Å². The number of hydrogen-bond donors (Lipinski definition) is 5. The van der Waals surface area contributed by atoms with Gasteiger partial charge in [-0.3, -0.25) is 9.59 Å². The Bertz CT molecular complexity index is 941. The van der Waals surface area contributed by atoms with Crippen LogP contribution < -0.4 is 10.1 Å². The van der Waals surface area contributed by atoms with Gasteiger partial charge < -0.3 is 35.2 Å². The summed E-state index contributed by atoms with van der Waals surface area (Å²) in [5.74, 6) is -2.19. The van der Waals surface area contributed by atoms with Gasteiger partial charge >= 0.3 is 5.97 Å². The van der Waals surface area contributed by atoms with Gasteiger partial charge in [-0.2, -0.15) is 0 Å². The Morgan fingerprint density at radius 3 is 2.67 bits per heavy atom. The SMILES string of the molecule is O=C(O)CNC(=O)c1ncc(-c2cccc(Cl)c2)cc1O[C@@H]1OC[C@@H](O)[C@H](O)C1O. The molecule has 1 aromatic heterocycles. The van der Waals surface area contributed by atoms with E-state index < -0.39 is 43.0 Å². The second-order valence-corrected chi connectivity index (χ2v) is 6.96. The number of hydrogen-bond acceptors (Lipinski definition) is 8. The number of amides is 1. The van der Waals surface area contributed by atoms with E-state index in [1.165, 1.54) is 12.3 Å². The molecule has 0 radical (unpaired) electrons. The Labute approximate surface area is 175 Å². The summed E-state index contributed by atoms with van der Waals surface area (Å²) >= 11 is 6.02. The van der Waals surface area contributed by atoms with Crippen LogP contribution in [0.3, 0.4) is 0 Å². The van der Waals surface area contributed by atoms with Crippen molar-refractivity contribution in [2.75, 3.05) is 13.2 Å². The van der Waals surface area contributed by atoms with Crippen molar-refractivity contribution in [3.8, 4) is 16.9 Å². The van der Waals surface area contributed by atoms with Crippen LogP contribution >= 0.6 is 11.6 Å². The first-order valence-corrected chi connectivity index (χ1v) is 9.22. The van der Waals surface area contributed by atoms with E-state index in [9.17, 15) is 24.9 Å². The summed E-state index contributed by atoms with van der Waals surface area (Å²) in [6, 6.07) is 8.27. The molecule has 11 heteroatoms. The van der Waals surface area contributed by atoms with Crippen LogP contribution in [0.1, 0.15) is 10.5 Å². The number of aliphatic carboxylic acids is 1. The monoisotopic (exact) mass is 438 g/mol. The van der Waals surface area contributed by atoms with E-state index in [0.717, 1.165) is 0 Å². The van der Waals surface area contributed by atoms with Crippen LogP contribution in [0.15, 0.2) is 36.5 Å². The number of carbonyl (C=O) groups excluding carboxylic acids is 1. The second kappa shape index (κ2) is 9.37. The van der Waals surface area contributed by atoms with E-state index in [1.54, 1.807) is 24.3 Å². The Morgan fingerprint density at radius 1 is 1.20 bits per heavy atom. The van der Waals surface area contributed by atoms with Crippen molar-refractivity contribution >= 4 is 23.5 Å². The van der Waals surface area contributed by atoms with Crippen molar-refractivity contribution in [1.29, 1.82) is 0 Å². The number of carbonyl (C=O) groups is 2. The molecule has 0 aliphatic carbocycles. The van der Waals surface area contributed by atoms with E-state index >= 15 is 0 Å². The van der Waals surface area contributed by atoms with Gasteiger partial charge in [-0.05, 0) is 23.8 Å². The van der Waals surface area contributed by atoms with Gasteiger partial charge in [-0.25, -0.2) is 4.98 Å². The first-order valence-electron chi connectivity index (χ1n) is 8.84. The molecule has 10 nitrogen and oxygen atoms in total. The predicted molar refractivity (Wildman–Crippen MR) is 103 cm³/mol. The smallest absolute Gasteiger partial charge is 0.322 e. The molecule has 2 heterocycles. The molecule has 0 spiro atoms. The summed E-state index contributed by atoms with van der Waals surface area (Å²) < 4.78 is 10.8. The number of rotatable bonds is 6. The number of benzene rings is 1. The number of nitrogens with one attached hydrogen (secondary N) is 1. The van der Waals surface area contributed by atoms with Crippen molar-refractivity contribution in [2.24, 2.45) is 0 Å². The third-order valence-electron chi connectivity index (χ3n) is 4.32. The van der Waals surface area contributed by atoms with Crippen molar-refractivity contribution in [2.45, 2.75) is 24.6 Å². The highest BCUT2D eigenvalue weighted by molar-refractivity contribution is 6.30. The Morgan fingerprint density at radius 2 is 1.97 bits per heavy atom. The van der Waals surface area contributed by atoms with Gasteiger partial charge in [-0.1, -0.05) is 23.7 Å². The molecule has 1 aromatic carbocycles. The van der Waals surface area contributed by atoms with Crippen LogP contribution in [-0.2, 0) is 9.53 Å². The fraction of sp³-hybridized carbons (Fsp3) is 0.316. The summed E-state index contributed by atoms with van der Waals surface area (Å²) in [6.45, 7) is -0.936. The maximum atomic E-state index is 12.4. The molecule has 4 atom stereocenters. The average Bonchev–Trinajstić information content (AvgIpc) is 2.72. The zero-order chi connectivity index (χ0) is 21.8. The molecule has 2 aromatic rings. The molecule has 5 N–H and O–H groups in total. The lowest BCUT2D eigenvalue weighted by molar-refractivity contribution is -0.242. The standard InChI is InChI=1S/C19H19ClN2O8/c20-11-3-1-2-9(4-11)10-5-13(15(21-6-10)18(28)22-7-14(24)25)30-19-17(27)16(26)12(23)8-29-19/h1-6,12,16-17,19,23,26-27H,7-8H2,(H,22,28)(H,24,25)/t12-,16+,17?,19+/m1/s1. The lowest BCUT2D eigenvalue weighted by atomic mass is 10.1. The fourth-order valence-corrected chi connectivity index (χ4v) is 2.97. The molecule has 0 bridgehead atoms. The van der Waals surface area contributed by atoms with Gasteiger partial charge in [0.1, 0.15) is 24.9 Å². The molecule has 1 saturated heterocycles. The first-order chi connectivity index (χ1) is 14.3. The van der Waals surface area contributed by atoms with Gasteiger partial charge in [0.05, 0.1) is 6.61 Å². The van der Waals surface area contributed by atoms with Crippen LogP contribution in [0.2, 0.25) is 5.02 Å². The molecule has 0 saturated carbocycles. The van der Waals surface area contributed by atoms with Crippen LogP contribution in [0.5, 0.6) is 5.75 Å². The summed E-state index contributed by atoms with van der Waals surface area (Å²) in [7, 11) is 0. The molecule has 1 unspecified atom stereocenters. The fourth-order valence-electron chi connectivity index (χ4n) is 2.78. The molecule has 1 aliphatic rings. The Kier molecular flexibility index (Phi) is 6.85. The van der Waals surface area contributed by atoms with Crippen LogP contribution in [0, 0.1) is 0 Å². The highest BCUT2D eigenvalue weighted by Crippen LogP contribution is 2.29. The van der Waals surface area contributed by atoms with E-state index in [1.807, 2.05) is 0 Å². The van der Waals surface area contributed by atoms with E-state index in [0.29, 0.717) is 16.1 Å². The number of aromatic nitrogens is 1. The normalized spacial score (nSPS) is 23.6. The number of carboxylic acids is 1. The average molecular weight is 439 g/mol.